The molecule has 3 unspecified atom stereocenters. The molecule has 4 atom stereocenters. The number of hydrazone groups is 1. The summed E-state index contributed by atoms with van der Waals surface area (Å²) in [6, 6.07) is -0.861. The number of amides is 2. The Kier molecular flexibility index (Phi) is 5.12. The first-order valence-corrected chi connectivity index (χ1v) is 8.41. The van der Waals surface area contributed by atoms with Crippen LogP contribution in [0.2, 0.25) is 0 Å². The fourth-order valence-electron chi connectivity index (χ4n) is 2.95. The maximum atomic E-state index is 11.7. The summed E-state index contributed by atoms with van der Waals surface area (Å²) in [5.41, 5.74) is 10.9. The first kappa shape index (κ1) is 17.8. The number of carbonyl (C=O) groups is 2. The molecular formula is C16H22N8O2. The van der Waals surface area contributed by atoms with Crippen molar-refractivity contribution < 1.29 is 9.59 Å². The van der Waals surface area contributed by atoms with Gasteiger partial charge in [-0.25, -0.2) is 0 Å². The zero-order valence-electron chi connectivity index (χ0n) is 14.4. The summed E-state index contributed by atoms with van der Waals surface area (Å²) in [5.74, 6) is -0.834. The van der Waals surface area contributed by atoms with Crippen molar-refractivity contribution in [3.63, 3.8) is 0 Å². The van der Waals surface area contributed by atoms with Gasteiger partial charge in [0.2, 0.25) is 5.91 Å². The van der Waals surface area contributed by atoms with Crippen molar-refractivity contribution in [3.05, 3.63) is 24.4 Å². The summed E-state index contributed by atoms with van der Waals surface area (Å²) in [4.78, 5) is 32.0. The summed E-state index contributed by atoms with van der Waals surface area (Å²) in [6.07, 6.45) is 9.48. The molecule has 10 heteroatoms. The highest BCUT2D eigenvalue weighted by molar-refractivity contribution is 6.66. The van der Waals surface area contributed by atoms with E-state index < -0.39 is 17.9 Å². The minimum absolute atomic E-state index is 0.0641. The molecule has 3 aliphatic rings. The molecule has 0 radical (unpaired) electrons. The van der Waals surface area contributed by atoms with Crippen LogP contribution < -0.4 is 22.1 Å². The van der Waals surface area contributed by atoms with Gasteiger partial charge in [0, 0.05) is 6.20 Å². The minimum atomic E-state index is -0.664. The molecule has 0 saturated carbocycles. The van der Waals surface area contributed by atoms with Crippen LogP contribution in [-0.2, 0) is 9.59 Å². The smallest absolute Gasteiger partial charge is 0.270 e. The van der Waals surface area contributed by atoms with Crippen LogP contribution in [0.25, 0.3) is 0 Å². The van der Waals surface area contributed by atoms with Gasteiger partial charge in [-0.3, -0.25) is 29.9 Å². The first-order chi connectivity index (χ1) is 12.5. The number of primary amides is 2. The van der Waals surface area contributed by atoms with Crippen LogP contribution >= 0.6 is 0 Å². The van der Waals surface area contributed by atoms with Crippen LogP contribution in [0.4, 0.5) is 0 Å². The molecule has 138 valence electrons. The monoisotopic (exact) mass is 358 g/mol. The minimum Gasteiger partial charge on any atom is -0.368 e. The number of rotatable bonds is 6. The summed E-state index contributed by atoms with van der Waals surface area (Å²) >= 11 is 0. The number of nitrogens with one attached hydrogen (secondary N) is 2. The molecule has 3 heterocycles. The molecule has 0 bridgehead atoms. The Hall–Kier alpha value is -3.01. The van der Waals surface area contributed by atoms with Crippen molar-refractivity contribution in [1.82, 2.24) is 15.6 Å². The number of allylic oxidation sites excluding steroid dienone is 2. The molecule has 6 N–H and O–H groups in total. The average molecular weight is 358 g/mol. The van der Waals surface area contributed by atoms with Crippen LogP contribution in [0.15, 0.2) is 39.5 Å². The van der Waals surface area contributed by atoms with Crippen molar-refractivity contribution in [1.29, 1.82) is 0 Å². The van der Waals surface area contributed by atoms with Crippen LogP contribution in [0.1, 0.15) is 13.3 Å². The van der Waals surface area contributed by atoms with Gasteiger partial charge in [0.05, 0.1) is 31.0 Å². The summed E-state index contributed by atoms with van der Waals surface area (Å²) in [6.45, 7) is 2.09. The van der Waals surface area contributed by atoms with Crippen LogP contribution in [-0.4, -0.2) is 65.4 Å². The topological polar surface area (TPSA) is 151 Å². The highest BCUT2D eigenvalue weighted by Gasteiger charge is 2.32. The second kappa shape index (κ2) is 7.48. The molecule has 0 aliphatic carbocycles. The quantitative estimate of drug-likeness (QED) is 0.442. The van der Waals surface area contributed by atoms with Gasteiger partial charge in [0.25, 0.3) is 5.91 Å². The molecule has 10 nitrogen and oxygen atoms in total. The molecule has 3 rings (SSSR count). The first-order valence-electron chi connectivity index (χ1n) is 8.41. The lowest BCUT2D eigenvalue weighted by atomic mass is 10.1. The zero-order chi connectivity index (χ0) is 18.7. The van der Waals surface area contributed by atoms with E-state index in [4.69, 9.17) is 11.5 Å². The highest BCUT2D eigenvalue weighted by atomic mass is 16.1. The van der Waals surface area contributed by atoms with E-state index in [0.717, 1.165) is 0 Å². The lowest BCUT2D eigenvalue weighted by Crippen LogP contribution is -2.59. The Morgan fingerprint density at radius 3 is 2.96 bits per heavy atom. The van der Waals surface area contributed by atoms with Crippen molar-refractivity contribution in [2.45, 2.75) is 37.6 Å². The van der Waals surface area contributed by atoms with Crippen molar-refractivity contribution in [2.75, 3.05) is 6.54 Å². The van der Waals surface area contributed by atoms with Gasteiger partial charge < -0.3 is 16.8 Å². The molecule has 0 aromatic rings. The van der Waals surface area contributed by atoms with E-state index in [9.17, 15) is 9.59 Å². The Bertz CT molecular complexity index is 739. The highest BCUT2D eigenvalue weighted by Crippen LogP contribution is 2.19. The molecule has 0 aromatic heterocycles. The van der Waals surface area contributed by atoms with E-state index in [-0.39, 0.29) is 36.3 Å². The molecular weight excluding hydrogens is 336 g/mol. The predicted molar refractivity (Wildman–Crippen MR) is 98.5 cm³/mol. The number of fused-ring (bicyclic) bond motifs is 1. The maximum Gasteiger partial charge on any atom is 0.270 e. The standard InChI is InChI=1S/C16H22N8O2/c1-2-9(14(17)25)21-12-8-19-13(15(18)26)16(23-12)22-10-7-20-24-6-4-3-5-11(10)24/h3-7,9-12,21H,2,8H2,1H3,(H2,17,25)(H2,18,26)(H,22,23)/t9-,10?,11?,12?/m1/s1. The van der Waals surface area contributed by atoms with Crippen LogP contribution in [0, 0.1) is 0 Å². The van der Waals surface area contributed by atoms with Crippen molar-refractivity contribution >= 4 is 29.6 Å². The van der Waals surface area contributed by atoms with Gasteiger partial charge in [0.15, 0.2) is 11.5 Å². The summed E-state index contributed by atoms with van der Waals surface area (Å²) in [7, 11) is 0. The summed E-state index contributed by atoms with van der Waals surface area (Å²) in [5, 5.41) is 12.3. The SMILES string of the molecule is CC[C@@H](NC1CN=C(C(N)=O)C(=NC2C=NN3C=CC=CC23)N1)C(N)=O. The number of aliphatic imine (C=N–C) groups is 2. The number of hydrogen-bond acceptors (Lipinski definition) is 7. The van der Waals surface area contributed by atoms with E-state index in [1.165, 1.54) is 0 Å². The fourth-order valence-corrected chi connectivity index (χ4v) is 2.95. The number of nitrogens with two attached hydrogens (primary N) is 2. The van der Waals surface area contributed by atoms with Crippen molar-refractivity contribution in [2.24, 2.45) is 26.6 Å². The lowest BCUT2D eigenvalue weighted by Gasteiger charge is -2.29. The fraction of sp³-hybridized carbons (Fsp3) is 0.438. The third-order valence-corrected chi connectivity index (χ3v) is 4.30. The van der Waals surface area contributed by atoms with E-state index >= 15 is 0 Å². The predicted octanol–water partition coefficient (Wildman–Crippen LogP) is -1.78. The average Bonchev–Trinajstić information content (AvgIpc) is 3.02. The number of hydrogen-bond donors (Lipinski definition) is 4. The Balaban J connectivity index is 1.80. The number of nitrogens with zero attached hydrogens (tertiary/aromatic N) is 4. The van der Waals surface area contributed by atoms with Gasteiger partial charge in [0.1, 0.15) is 6.04 Å². The van der Waals surface area contributed by atoms with E-state index in [1.54, 1.807) is 11.2 Å². The van der Waals surface area contributed by atoms with Crippen LogP contribution in [0.3, 0.4) is 0 Å². The molecule has 2 amide bonds. The second-order valence-corrected chi connectivity index (χ2v) is 6.11. The molecule has 0 spiro atoms. The van der Waals surface area contributed by atoms with Gasteiger partial charge in [-0.1, -0.05) is 19.1 Å². The molecule has 0 saturated heterocycles. The molecule has 0 aromatic carbocycles. The largest absolute Gasteiger partial charge is 0.368 e. The Morgan fingerprint density at radius 2 is 2.27 bits per heavy atom. The second-order valence-electron chi connectivity index (χ2n) is 6.11. The normalized spacial score (nSPS) is 29.3. The van der Waals surface area contributed by atoms with Crippen LogP contribution in [0.5, 0.6) is 0 Å². The maximum absolute atomic E-state index is 11.7. The Labute approximate surface area is 150 Å². The number of amidine groups is 1. The third-order valence-electron chi connectivity index (χ3n) is 4.30. The summed E-state index contributed by atoms with van der Waals surface area (Å²) < 4.78 is 0. The van der Waals surface area contributed by atoms with Gasteiger partial charge in [-0.15, -0.1) is 0 Å². The van der Waals surface area contributed by atoms with Gasteiger partial charge in [-0.2, -0.15) is 5.10 Å². The van der Waals surface area contributed by atoms with E-state index in [0.29, 0.717) is 6.42 Å². The molecule has 3 aliphatic heterocycles. The Morgan fingerprint density at radius 1 is 1.46 bits per heavy atom. The lowest BCUT2D eigenvalue weighted by molar-refractivity contribution is -0.120. The van der Waals surface area contributed by atoms with Gasteiger partial charge >= 0.3 is 0 Å². The van der Waals surface area contributed by atoms with E-state index in [1.807, 2.05) is 31.4 Å². The van der Waals surface area contributed by atoms with E-state index in [2.05, 4.69) is 25.7 Å². The molecule has 0 fully saturated rings. The zero-order valence-corrected chi connectivity index (χ0v) is 14.4. The van der Waals surface area contributed by atoms with Crippen molar-refractivity contribution in [3.8, 4) is 0 Å². The third kappa shape index (κ3) is 3.64. The number of carbonyl (C=O) groups excluding carboxylic acids is 2. The van der Waals surface area contributed by atoms with Gasteiger partial charge in [-0.05, 0) is 12.5 Å². The molecule has 26 heavy (non-hydrogen) atoms.